The highest BCUT2D eigenvalue weighted by atomic mass is 16.2. The number of aromatic amines is 1. The van der Waals surface area contributed by atoms with Gasteiger partial charge in [0.25, 0.3) is 0 Å². The zero-order chi connectivity index (χ0) is 10.9. The molecule has 0 atom stereocenters. The molecule has 0 amide bonds. The molecule has 0 aliphatic carbocycles. The first kappa shape index (κ1) is 11.5. The fourth-order valence-corrected chi connectivity index (χ4v) is 1.13. The molecule has 1 aromatic heterocycles. The van der Waals surface area contributed by atoms with E-state index in [2.05, 4.69) is 23.2 Å². The number of benzene rings is 1. The third kappa shape index (κ3) is 4.00. The molecule has 0 fully saturated rings. The Labute approximate surface area is 90.6 Å². The molecule has 2 heteroatoms. The van der Waals surface area contributed by atoms with Crippen LogP contribution in [0.4, 0.5) is 0 Å². The number of hydrogen-bond donors (Lipinski definition) is 2. The van der Waals surface area contributed by atoms with E-state index in [-0.39, 0.29) is 0 Å². The van der Waals surface area contributed by atoms with Gasteiger partial charge in [0, 0.05) is 19.0 Å². The van der Waals surface area contributed by atoms with Crippen molar-refractivity contribution >= 4 is 0 Å². The molecule has 2 N–H and O–H groups in total. The van der Waals surface area contributed by atoms with Gasteiger partial charge in [0.2, 0.25) is 0 Å². The molecule has 2 rings (SSSR count). The summed E-state index contributed by atoms with van der Waals surface area (Å²) >= 11 is 0. The number of aromatic nitrogens is 1. The second-order valence-electron chi connectivity index (χ2n) is 3.19. The third-order valence-electron chi connectivity index (χ3n) is 1.93. The van der Waals surface area contributed by atoms with Gasteiger partial charge in [0.15, 0.2) is 0 Å². The molecular formula is C13H17NO. The maximum absolute atomic E-state index is 7.88. The van der Waals surface area contributed by atoms with Gasteiger partial charge in [-0.1, -0.05) is 37.3 Å². The molecule has 0 saturated carbocycles. The highest BCUT2D eigenvalue weighted by Gasteiger charge is 1.93. The lowest BCUT2D eigenvalue weighted by atomic mass is 10.1. The molecular weight excluding hydrogens is 186 g/mol. The van der Waals surface area contributed by atoms with Crippen LogP contribution in [0.25, 0.3) is 11.1 Å². The molecule has 15 heavy (non-hydrogen) atoms. The zero-order valence-electron chi connectivity index (χ0n) is 8.98. The second-order valence-corrected chi connectivity index (χ2v) is 3.19. The van der Waals surface area contributed by atoms with E-state index in [4.69, 9.17) is 5.11 Å². The van der Waals surface area contributed by atoms with Crippen molar-refractivity contribution in [3.8, 4) is 11.1 Å². The van der Waals surface area contributed by atoms with Gasteiger partial charge in [-0.15, -0.1) is 0 Å². The topological polar surface area (TPSA) is 36.0 Å². The molecule has 2 nitrogen and oxygen atoms in total. The third-order valence-corrected chi connectivity index (χ3v) is 1.93. The normalized spacial score (nSPS) is 9.20. The summed E-state index contributed by atoms with van der Waals surface area (Å²) in [5.74, 6) is 0. The van der Waals surface area contributed by atoms with Crippen molar-refractivity contribution in [1.82, 2.24) is 4.98 Å². The Kier molecular flexibility index (Phi) is 5.26. The highest BCUT2D eigenvalue weighted by Crippen LogP contribution is 2.16. The summed E-state index contributed by atoms with van der Waals surface area (Å²) in [6, 6.07) is 12.4. The predicted molar refractivity (Wildman–Crippen MR) is 63.6 cm³/mol. The Morgan fingerprint density at radius 3 is 2.20 bits per heavy atom. The van der Waals surface area contributed by atoms with Gasteiger partial charge < -0.3 is 10.1 Å². The average Bonchev–Trinajstić information content (AvgIpc) is 2.84. The van der Waals surface area contributed by atoms with Gasteiger partial charge in [-0.2, -0.15) is 0 Å². The van der Waals surface area contributed by atoms with E-state index < -0.39 is 0 Å². The average molecular weight is 203 g/mol. The first-order valence-corrected chi connectivity index (χ1v) is 5.17. The first-order valence-electron chi connectivity index (χ1n) is 5.17. The first-order chi connectivity index (χ1) is 7.38. The summed E-state index contributed by atoms with van der Waals surface area (Å²) in [5, 5.41) is 7.88. The molecule has 0 aliphatic heterocycles. The van der Waals surface area contributed by atoms with Crippen LogP contribution in [0, 0.1) is 0 Å². The Bertz CT molecular complexity index is 338. The van der Waals surface area contributed by atoms with Crippen molar-refractivity contribution in [1.29, 1.82) is 0 Å². The van der Waals surface area contributed by atoms with Gasteiger partial charge in [-0.25, -0.2) is 0 Å². The molecule has 2 aromatic rings. The number of nitrogens with one attached hydrogen (secondary N) is 1. The Morgan fingerprint density at radius 1 is 1.07 bits per heavy atom. The monoisotopic (exact) mass is 203 g/mol. The van der Waals surface area contributed by atoms with Crippen molar-refractivity contribution in [3.05, 3.63) is 48.8 Å². The van der Waals surface area contributed by atoms with Gasteiger partial charge >= 0.3 is 0 Å². The summed E-state index contributed by atoms with van der Waals surface area (Å²) in [6.45, 7) is 2.25. The van der Waals surface area contributed by atoms with Gasteiger partial charge in [0.05, 0.1) is 0 Å². The van der Waals surface area contributed by atoms with Crippen LogP contribution in [0.3, 0.4) is 0 Å². The molecule has 0 unspecified atom stereocenters. The van der Waals surface area contributed by atoms with E-state index in [0.717, 1.165) is 6.42 Å². The van der Waals surface area contributed by atoms with E-state index >= 15 is 0 Å². The van der Waals surface area contributed by atoms with E-state index in [0.29, 0.717) is 6.61 Å². The second kappa shape index (κ2) is 6.85. The molecule has 0 bridgehead atoms. The molecule has 1 aromatic carbocycles. The van der Waals surface area contributed by atoms with Crippen LogP contribution in [0.1, 0.15) is 13.3 Å². The summed E-state index contributed by atoms with van der Waals surface area (Å²) in [6.07, 6.45) is 4.80. The molecule has 0 saturated heterocycles. The lowest BCUT2D eigenvalue weighted by Gasteiger charge is -1.93. The van der Waals surface area contributed by atoms with Gasteiger partial charge in [-0.05, 0) is 23.6 Å². The maximum Gasteiger partial charge on any atom is 0.0428 e. The SMILES string of the molecule is CCCO.c1ccc(-c2cc[nH]c2)cc1. The Hall–Kier alpha value is -1.54. The van der Waals surface area contributed by atoms with Crippen molar-refractivity contribution in [3.63, 3.8) is 0 Å². The van der Waals surface area contributed by atoms with Crippen LogP contribution in [0.2, 0.25) is 0 Å². The summed E-state index contributed by atoms with van der Waals surface area (Å²) in [5.41, 5.74) is 2.50. The summed E-state index contributed by atoms with van der Waals surface area (Å²) in [4.78, 5) is 3.03. The standard InChI is InChI=1S/C10H9N.C3H8O/c1-2-4-9(5-3-1)10-6-7-11-8-10;1-2-3-4/h1-8,11H;4H,2-3H2,1H3. The van der Waals surface area contributed by atoms with E-state index in [9.17, 15) is 0 Å². The van der Waals surface area contributed by atoms with Crippen LogP contribution in [-0.2, 0) is 0 Å². The number of H-pyrrole nitrogens is 1. The van der Waals surface area contributed by atoms with Crippen molar-refractivity contribution in [2.24, 2.45) is 0 Å². The minimum atomic E-state index is 0.319. The van der Waals surface area contributed by atoms with E-state index in [1.807, 2.05) is 37.5 Å². The Balaban J connectivity index is 0.000000245. The molecule has 0 spiro atoms. The van der Waals surface area contributed by atoms with Crippen molar-refractivity contribution in [2.75, 3.05) is 6.61 Å². The quantitative estimate of drug-likeness (QED) is 0.773. The van der Waals surface area contributed by atoms with Crippen molar-refractivity contribution in [2.45, 2.75) is 13.3 Å². The number of hydrogen-bond acceptors (Lipinski definition) is 1. The smallest absolute Gasteiger partial charge is 0.0428 e. The van der Waals surface area contributed by atoms with Crippen LogP contribution >= 0.6 is 0 Å². The van der Waals surface area contributed by atoms with E-state index in [1.54, 1.807) is 0 Å². The predicted octanol–water partition coefficient (Wildman–Crippen LogP) is 3.07. The molecule has 80 valence electrons. The minimum Gasteiger partial charge on any atom is -0.396 e. The minimum absolute atomic E-state index is 0.319. The van der Waals surface area contributed by atoms with Crippen LogP contribution < -0.4 is 0 Å². The lowest BCUT2D eigenvalue weighted by molar-refractivity contribution is 0.295. The molecule has 0 radical (unpaired) electrons. The molecule has 0 aliphatic rings. The fraction of sp³-hybridized carbons (Fsp3) is 0.231. The van der Waals surface area contributed by atoms with Gasteiger partial charge in [0.1, 0.15) is 0 Å². The summed E-state index contributed by atoms with van der Waals surface area (Å²) in [7, 11) is 0. The summed E-state index contributed by atoms with van der Waals surface area (Å²) < 4.78 is 0. The zero-order valence-corrected chi connectivity index (χ0v) is 8.98. The maximum atomic E-state index is 7.88. The van der Waals surface area contributed by atoms with Crippen LogP contribution in [0.5, 0.6) is 0 Å². The van der Waals surface area contributed by atoms with Gasteiger partial charge in [-0.3, -0.25) is 0 Å². The van der Waals surface area contributed by atoms with Crippen LogP contribution in [-0.4, -0.2) is 16.7 Å². The fourth-order valence-electron chi connectivity index (χ4n) is 1.13. The van der Waals surface area contributed by atoms with E-state index in [1.165, 1.54) is 11.1 Å². The number of aliphatic hydroxyl groups excluding tert-OH is 1. The van der Waals surface area contributed by atoms with Crippen molar-refractivity contribution < 1.29 is 5.11 Å². The Morgan fingerprint density at radius 2 is 1.73 bits per heavy atom. The largest absolute Gasteiger partial charge is 0.396 e. The highest BCUT2D eigenvalue weighted by molar-refractivity contribution is 5.61. The molecule has 1 heterocycles. The lowest BCUT2D eigenvalue weighted by Crippen LogP contribution is -1.69. The number of rotatable bonds is 2. The van der Waals surface area contributed by atoms with Crippen LogP contribution in [0.15, 0.2) is 48.8 Å². The number of aliphatic hydroxyl groups is 1.